The van der Waals surface area contributed by atoms with Crippen molar-refractivity contribution in [3.63, 3.8) is 0 Å². The topological polar surface area (TPSA) is 70.6 Å². The molecule has 0 bridgehead atoms. The third-order valence-electron chi connectivity index (χ3n) is 7.36. The lowest BCUT2D eigenvalue weighted by Gasteiger charge is -2.17. The van der Waals surface area contributed by atoms with Crippen LogP contribution in [0.3, 0.4) is 0 Å². The fourth-order valence-corrected chi connectivity index (χ4v) is 5.39. The average Bonchev–Trinajstić information content (AvgIpc) is 3.24. The van der Waals surface area contributed by atoms with Crippen LogP contribution in [0.25, 0.3) is 28.0 Å². The van der Waals surface area contributed by atoms with Crippen molar-refractivity contribution in [2.45, 2.75) is 40.5 Å². The van der Waals surface area contributed by atoms with E-state index in [1.807, 2.05) is 63.2 Å². The Labute approximate surface area is 244 Å². The average molecular weight is 569 g/mol. The maximum Gasteiger partial charge on any atom is 0.282 e. The van der Waals surface area contributed by atoms with Gasteiger partial charge < -0.3 is 14.0 Å². The maximum atomic E-state index is 13.8. The van der Waals surface area contributed by atoms with Crippen LogP contribution in [0.1, 0.15) is 47.8 Å². The maximum absolute atomic E-state index is 13.8. The predicted molar refractivity (Wildman–Crippen MR) is 167 cm³/mol. The van der Waals surface area contributed by atoms with Crippen molar-refractivity contribution < 1.29 is 9.47 Å². The quantitative estimate of drug-likeness (QED) is 0.191. The second kappa shape index (κ2) is 11.3. The number of hydrogen-bond donors (Lipinski definition) is 0. The summed E-state index contributed by atoms with van der Waals surface area (Å²) in [6, 6.07) is 18.9. The van der Waals surface area contributed by atoms with E-state index < -0.39 is 0 Å². The van der Waals surface area contributed by atoms with Gasteiger partial charge in [-0.1, -0.05) is 37.6 Å². The summed E-state index contributed by atoms with van der Waals surface area (Å²) in [4.78, 5) is 18.8. The van der Waals surface area contributed by atoms with Crippen LogP contribution in [-0.2, 0) is 0 Å². The van der Waals surface area contributed by atoms with E-state index in [-0.39, 0.29) is 11.5 Å². The zero-order chi connectivity index (χ0) is 29.4. The number of aryl methyl sites for hydroxylation is 2. The number of aromatic nitrogens is 3. The van der Waals surface area contributed by atoms with Gasteiger partial charge in [-0.3, -0.25) is 4.79 Å². The lowest BCUT2D eigenvalue weighted by molar-refractivity contribution is 0.407. The van der Waals surface area contributed by atoms with Crippen molar-refractivity contribution in [2.75, 3.05) is 14.2 Å². The van der Waals surface area contributed by atoms with E-state index in [4.69, 9.17) is 31.2 Å². The highest BCUT2D eigenvalue weighted by Crippen LogP contribution is 2.34. The van der Waals surface area contributed by atoms with Gasteiger partial charge >= 0.3 is 0 Å². The van der Waals surface area contributed by atoms with Gasteiger partial charge in [-0.25, -0.2) is 4.98 Å². The molecule has 3 aromatic carbocycles. The first-order valence-electron chi connectivity index (χ1n) is 13.4. The molecule has 0 saturated heterocycles. The standard InChI is InChI=1S/C33H33ClN4O3/c1-19(2)26-17-27(20(3)14-31(26)41-7)32-36-28-11-9-8-10-25(28)33(39)38(32)35-18-23-15-21(4)37(22(23)5)29-16-24(34)12-13-30(29)40-6/h8-19H,1-7H3. The molecule has 0 aliphatic rings. The Balaban J connectivity index is 1.71. The largest absolute Gasteiger partial charge is 0.496 e. The van der Waals surface area contributed by atoms with Crippen LogP contribution in [0, 0.1) is 20.8 Å². The van der Waals surface area contributed by atoms with Gasteiger partial charge in [0.25, 0.3) is 5.56 Å². The Bertz CT molecular complexity index is 1870. The molecule has 0 amide bonds. The SMILES string of the molecule is COc1cc(C)c(-c2nc3ccccc3c(=O)n2N=Cc2cc(C)n(-c3cc(Cl)ccc3OC)c2C)cc1C(C)C. The van der Waals surface area contributed by atoms with Crippen LogP contribution in [0.5, 0.6) is 11.5 Å². The Hall–Kier alpha value is -4.36. The number of methoxy groups -OCH3 is 2. The van der Waals surface area contributed by atoms with E-state index >= 15 is 0 Å². The molecule has 0 radical (unpaired) electrons. The van der Waals surface area contributed by atoms with Gasteiger partial charge in [0.1, 0.15) is 11.5 Å². The zero-order valence-corrected chi connectivity index (χ0v) is 25.1. The minimum atomic E-state index is -0.242. The highest BCUT2D eigenvalue weighted by atomic mass is 35.5. The van der Waals surface area contributed by atoms with Gasteiger partial charge in [0.2, 0.25) is 0 Å². The number of benzene rings is 3. The summed E-state index contributed by atoms with van der Waals surface area (Å²) in [6.45, 7) is 10.2. The van der Waals surface area contributed by atoms with E-state index in [0.717, 1.165) is 45.1 Å². The number of nitrogens with zero attached hydrogens (tertiary/aromatic N) is 4. The van der Waals surface area contributed by atoms with Crippen LogP contribution in [-0.4, -0.2) is 34.7 Å². The fraction of sp³-hybridized carbons (Fsp3) is 0.242. The molecular formula is C33H33ClN4O3. The molecule has 0 aliphatic heterocycles. The number of ether oxygens (including phenoxy) is 2. The lowest BCUT2D eigenvalue weighted by atomic mass is 9.96. The first kappa shape index (κ1) is 28.2. The van der Waals surface area contributed by atoms with Crippen molar-refractivity contribution in [2.24, 2.45) is 5.10 Å². The molecule has 2 aromatic heterocycles. The summed E-state index contributed by atoms with van der Waals surface area (Å²) in [6.07, 6.45) is 1.71. The molecule has 41 heavy (non-hydrogen) atoms. The fourth-order valence-electron chi connectivity index (χ4n) is 5.22. The van der Waals surface area contributed by atoms with Crippen LogP contribution in [0.4, 0.5) is 0 Å². The summed E-state index contributed by atoms with van der Waals surface area (Å²) in [7, 11) is 3.31. The summed E-state index contributed by atoms with van der Waals surface area (Å²) < 4.78 is 14.7. The molecule has 0 aliphatic carbocycles. The molecule has 2 heterocycles. The molecule has 8 heteroatoms. The van der Waals surface area contributed by atoms with E-state index in [1.54, 1.807) is 32.6 Å². The number of halogens is 1. The molecule has 5 rings (SSSR count). The highest BCUT2D eigenvalue weighted by Gasteiger charge is 2.19. The van der Waals surface area contributed by atoms with E-state index in [9.17, 15) is 4.79 Å². The third kappa shape index (κ3) is 5.13. The number of rotatable bonds is 7. The van der Waals surface area contributed by atoms with Crippen molar-refractivity contribution in [3.8, 4) is 28.6 Å². The van der Waals surface area contributed by atoms with Crippen molar-refractivity contribution in [3.05, 3.63) is 104 Å². The molecule has 0 unspecified atom stereocenters. The Kier molecular flexibility index (Phi) is 7.74. The van der Waals surface area contributed by atoms with Crippen LogP contribution in [0.15, 0.2) is 70.6 Å². The van der Waals surface area contributed by atoms with Crippen LogP contribution < -0.4 is 15.0 Å². The Morgan fingerprint density at radius 3 is 2.39 bits per heavy atom. The summed E-state index contributed by atoms with van der Waals surface area (Å²) in [5, 5.41) is 5.85. The van der Waals surface area contributed by atoms with Gasteiger partial charge in [-0.2, -0.15) is 9.78 Å². The third-order valence-corrected chi connectivity index (χ3v) is 7.59. The van der Waals surface area contributed by atoms with Gasteiger partial charge in [-0.05, 0) is 86.3 Å². The Morgan fingerprint density at radius 1 is 0.951 bits per heavy atom. The van der Waals surface area contributed by atoms with E-state index in [2.05, 4.69) is 24.5 Å². The van der Waals surface area contributed by atoms with Gasteiger partial charge in [0.05, 0.1) is 37.0 Å². The first-order valence-corrected chi connectivity index (χ1v) is 13.8. The first-order chi connectivity index (χ1) is 19.6. The molecule has 0 atom stereocenters. The van der Waals surface area contributed by atoms with Gasteiger partial charge in [0, 0.05) is 27.5 Å². The van der Waals surface area contributed by atoms with Crippen LogP contribution >= 0.6 is 11.6 Å². The molecule has 0 N–H and O–H groups in total. The van der Waals surface area contributed by atoms with E-state index in [1.165, 1.54) is 4.68 Å². The van der Waals surface area contributed by atoms with Gasteiger partial charge in [-0.15, -0.1) is 0 Å². The number of hydrogen-bond acceptors (Lipinski definition) is 5. The normalized spacial score (nSPS) is 11.6. The summed E-state index contributed by atoms with van der Waals surface area (Å²) in [5.74, 6) is 2.19. The second-order valence-electron chi connectivity index (χ2n) is 10.4. The summed E-state index contributed by atoms with van der Waals surface area (Å²) >= 11 is 6.33. The smallest absolute Gasteiger partial charge is 0.282 e. The van der Waals surface area contributed by atoms with Crippen molar-refractivity contribution in [1.29, 1.82) is 0 Å². The second-order valence-corrected chi connectivity index (χ2v) is 10.8. The number of fused-ring (bicyclic) bond motifs is 1. The molecule has 7 nitrogen and oxygen atoms in total. The predicted octanol–water partition coefficient (Wildman–Crippen LogP) is 7.46. The van der Waals surface area contributed by atoms with Crippen molar-refractivity contribution in [1.82, 2.24) is 14.2 Å². The molecular weight excluding hydrogens is 536 g/mol. The minimum absolute atomic E-state index is 0.210. The number of para-hydroxylation sites is 1. The molecule has 0 saturated carbocycles. The molecule has 0 spiro atoms. The minimum Gasteiger partial charge on any atom is -0.496 e. The van der Waals surface area contributed by atoms with Crippen molar-refractivity contribution >= 4 is 28.7 Å². The molecule has 5 aromatic rings. The Morgan fingerprint density at radius 2 is 1.68 bits per heavy atom. The lowest BCUT2D eigenvalue weighted by Crippen LogP contribution is -2.21. The monoisotopic (exact) mass is 568 g/mol. The summed E-state index contributed by atoms with van der Waals surface area (Å²) in [5.41, 5.74) is 6.75. The zero-order valence-electron chi connectivity index (χ0n) is 24.3. The highest BCUT2D eigenvalue weighted by molar-refractivity contribution is 6.30. The molecule has 210 valence electrons. The van der Waals surface area contributed by atoms with Gasteiger partial charge in [0.15, 0.2) is 5.82 Å². The molecule has 0 fully saturated rings. The van der Waals surface area contributed by atoms with E-state index in [0.29, 0.717) is 27.5 Å². The van der Waals surface area contributed by atoms with Crippen LogP contribution in [0.2, 0.25) is 5.02 Å².